The summed E-state index contributed by atoms with van der Waals surface area (Å²) >= 11 is 1.58. The van der Waals surface area contributed by atoms with Gasteiger partial charge in [-0.3, -0.25) is 0 Å². The molecule has 0 N–H and O–H groups in total. The standard InChI is InChI=1S/C9H5F2IN2O2/c1-16-9(15)6-4(3-13)2-5(7(10)11)8(12)14-6/h2,7H,1H3. The summed E-state index contributed by atoms with van der Waals surface area (Å²) in [6.07, 6.45) is -2.74. The van der Waals surface area contributed by atoms with Crippen LogP contribution < -0.4 is 0 Å². The molecule has 1 aromatic rings. The molecule has 1 heterocycles. The highest BCUT2D eigenvalue weighted by Crippen LogP contribution is 2.25. The van der Waals surface area contributed by atoms with E-state index in [1.54, 1.807) is 28.7 Å². The maximum absolute atomic E-state index is 12.5. The number of methoxy groups -OCH3 is 1. The second-order valence-electron chi connectivity index (χ2n) is 2.67. The fourth-order valence-electron chi connectivity index (χ4n) is 0.997. The number of rotatable bonds is 2. The average Bonchev–Trinajstić information content (AvgIpc) is 2.27. The number of nitriles is 1. The van der Waals surface area contributed by atoms with E-state index in [0.29, 0.717) is 0 Å². The number of halogens is 3. The summed E-state index contributed by atoms with van der Waals surface area (Å²) in [5.74, 6) is -0.824. The van der Waals surface area contributed by atoms with Gasteiger partial charge in [0.15, 0.2) is 5.69 Å². The Morgan fingerprint density at radius 2 is 2.31 bits per heavy atom. The minimum absolute atomic E-state index is 0.0213. The highest BCUT2D eigenvalue weighted by molar-refractivity contribution is 14.1. The van der Waals surface area contributed by atoms with Gasteiger partial charge < -0.3 is 4.74 Å². The van der Waals surface area contributed by atoms with Crippen LogP contribution in [0.25, 0.3) is 0 Å². The Bertz CT molecular complexity index is 471. The SMILES string of the molecule is COC(=O)c1nc(I)c(C(F)F)cc1C#N. The zero-order valence-corrected chi connectivity index (χ0v) is 10.2. The van der Waals surface area contributed by atoms with Crippen molar-refractivity contribution >= 4 is 28.6 Å². The molecule has 1 aromatic heterocycles. The van der Waals surface area contributed by atoms with Gasteiger partial charge in [-0.2, -0.15) is 5.26 Å². The number of pyridine rings is 1. The van der Waals surface area contributed by atoms with Crippen LogP contribution in [0.5, 0.6) is 0 Å². The molecule has 0 radical (unpaired) electrons. The predicted octanol–water partition coefficient (Wildman–Crippen LogP) is 2.28. The van der Waals surface area contributed by atoms with Gasteiger partial charge in [0, 0.05) is 0 Å². The molecule has 0 aliphatic heterocycles. The van der Waals surface area contributed by atoms with Crippen LogP contribution in [-0.2, 0) is 4.74 Å². The van der Waals surface area contributed by atoms with Gasteiger partial charge in [0.2, 0.25) is 0 Å². The van der Waals surface area contributed by atoms with Crippen molar-refractivity contribution in [3.8, 4) is 6.07 Å². The number of aromatic nitrogens is 1. The third kappa shape index (κ3) is 2.44. The maximum atomic E-state index is 12.5. The van der Waals surface area contributed by atoms with Gasteiger partial charge in [-0.15, -0.1) is 0 Å². The molecule has 0 aromatic carbocycles. The van der Waals surface area contributed by atoms with Crippen molar-refractivity contribution in [2.75, 3.05) is 7.11 Å². The van der Waals surface area contributed by atoms with Gasteiger partial charge in [0.05, 0.1) is 18.2 Å². The van der Waals surface area contributed by atoms with Crippen LogP contribution in [0.2, 0.25) is 0 Å². The van der Waals surface area contributed by atoms with Crippen LogP contribution in [0.1, 0.15) is 28.0 Å². The first kappa shape index (κ1) is 12.8. The summed E-state index contributed by atoms with van der Waals surface area (Å²) < 4.78 is 29.3. The van der Waals surface area contributed by atoms with Gasteiger partial charge in [0.25, 0.3) is 6.43 Å². The lowest BCUT2D eigenvalue weighted by Gasteiger charge is -2.06. The minimum Gasteiger partial charge on any atom is -0.464 e. The Kier molecular flexibility index (Phi) is 4.12. The molecule has 4 nitrogen and oxygen atoms in total. The Labute approximate surface area is 103 Å². The van der Waals surface area contributed by atoms with Crippen LogP contribution in [0, 0.1) is 15.0 Å². The molecule has 0 unspecified atom stereocenters. The molecule has 0 saturated carbocycles. The Balaban J connectivity index is 3.39. The number of esters is 1. The molecule has 0 atom stereocenters. The number of carbonyl (C=O) groups is 1. The molecule has 7 heteroatoms. The van der Waals surface area contributed by atoms with Gasteiger partial charge in [-0.05, 0) is 28.7 Å². The summed E-state index contributed by atoms with van der Waals surface area (Å²) in [4.78, 5) is 14.8. The van der Waals surface area contributed by atoms with Crippen molar-refractivity contribution in [1.29, 1.82) is 5.26 Å². The van der Waals surface area contributed by atoms with Crippen molar-refractivity contribution in [3.63, 3.8) is 0 Å². The molecule has 0 aliphatic rings. The fourth-order valence-corrected chi connectivity index (χ4v) is 1.63. The predicted molar refractivity (Wildman–Crippen MR) is 58.0 cm³/mol. The quantitative estimate of drug-likeness (QED) is 0.472. The number of hydrogen-bond donors (Lipinski definition) is 0. The normalized spacial score (nSPS) is 10.0. The van der Waals surface area contributed by atoms with E-state index in [-0.39, 0.29) is 20.5 Å². The van der Waals surface area contributed by atoms with Crippen molar-refractivity contribution in [1.82, 2.24) is 4.98 Å². The van der Waals surface area contributed by atoms with Gasteiger partial charge >= 0.3 is 5.97 Å². The molecule has 0 spiro atoms. The number of ether oxygens (including phenoxy) is 1. The molecule has 0 bridgehead atoms. The lowest BCUT2D eigenvalue weighted by Crippen LogP contribution is -2.10. The summed E-state index contributed by atoms with van der Waals surface area (Å²) in [5, 5.41) is 8.71. The fraction of sp³-hybridized carbons (Fsp3) is 0.222. The summed E-state index contributed by atoms with van der Waals surface area (Å²) in [5.41, 5.74) is -0.842. The second kappa shape index (κ2) is 5.16. The minimum atomic E-state index is -2.74. The third-order valence-corrected chi connectivity index (χ3v) is 2.60. The zero-order chi connectivity index (χ0) is 12.3. The van der Waals surface area contributed by atoms with E-state index < -0.39 is 12.4 Å². The van der Waals surface area contributed by atoms with E-state index in [1.807, 2.05) is 0 Å². The lowest BCUT2D eigenvalue weighted by atomic mass is 10.1. The Morgan fingerprint density at radius 1 is 1.69 bits per heavy atom. The van der Waals surface area contributed by atoms with Crippen LogP contribution in [-0.4, -0.2) is 18.1 Å². The van der Waals surface area contributed by atoms with Crippen molar-refractivity contribution in [2.24, 2.45) is 0 Å². The summed E-state index contributed by atoms with van der Waals surface area (Å²) in [6.45, 7) is 0. The monoisotopic (exact) mass is 338 g/mol. The van der Waals surface area contributed by atoms with Crippen molar-refractivity contribution in [3.05, 3.63) is 26.6 Å². The van der Waals surface area contributed by atoms with E-state index in [0.717, 1.165) is 13.2 Å². The van der Waals surface area contributed by atoms with Gasteiger partial charge in [-0.1, -0.05) is 0 Å². The van der Waals surface area contributed by atoms with Crippen molar-refractivity contribution in [2.45, 2.75) is 6.43 Å². The average molecular weight is 338 g/mol. The van der Waals surface area contributed by atoms with Crippen LogP contribution >= 0.6 is 22.6 Å². The van der Waals surface area contributed by atoms with E-state index >= 15 is 0 Å². The first-order chi connectivity index (χ1) is 7.51. The molecule has 0 aliphatic carbocycles. The molecule has 0 fully saturated rings. The summed E-state index contributed by atoms with van der Waals surface area (Å²) in [7, 11) is 1.12. The first-order valence-electron chi connectivity index (χ1n) is 3.98. The smallest absolute Gasteiger partial charge is 0.358 e. The number of alkyl halides is 2. The highest BCUT2D eigenvalue weighted by atomic mass is 127. The summed E-state index contributed by atoms with van der Waals surface area (Å²) in [6, 6.07) is 2.58. The Hall–Kier alpha value is -1.30. The van der Waals surface area contributed by atoms with Crippen LogP contribution in [0.3, 0.4) is 0 Å². The number of carbonyl (C=O) groups excluding carboxylic acids is 1. The van der Waals surface area contributed by atoms with Crippen LogP contribution in [0.15, 0.2) is 6.07 Å². The molecular formula is C9H5F2IN2O2. The molecule has 1 rings (SSSR count). The van der Waals surface area contributed by atoms with E-state index in [2.05, 4.69) is 9.72 Å². The van der Waals surface area contributed by atoms with E-state index in [1.165, 1.54) is 0 Å². The topological polar surface area (TPSA) is 63.0 Å². The van der Waals surface area contributed by atoms with E-state index in [4.69, 9.17) is 5.26 Å². The number of nitrogens with zero attached hydrogens (tertiary/aromatic N) is 2. The Morgan fingerprint density at radius 3 is 2.75 bits per heavy atom. The second-order valence-corrected chi connectivity index (χ2v) is 3.69. The molecule has 16 heavy (non-hydrogen) atoms. The number of hydrogen-bond acceptors (Lipinski definition) is 4. The lowest BCUT2D eigenvalue weighted by molar-refractivity contribution is 0.0592. The maximum Gasteiger partial charge on any atom is 0.358 e. The van der Waals surface area contributed by atoms with E-state index in [9.17, 15) is 13.6 Å². The molecular weight excluding hydrogens is 333 g/mol. The molecule has 0 saturated heterocycles. The van der Waals surface area contributed by atoms with Crippen molar-refractivity contribution < 1.29 is 18.3 Å². The third-order valence-electron chi connectivity index (χ3n) is 1.74. The zero-order valence-electron chi connectivity index (χ0n) is 8.00. The highest BCUT2D eigenvalue weighted by Gasteiger charge is 2.20. The van der Waals surface area contributed by atoms with Crippen LogP contribution in [0.4, 0.5) is 8.78 Å². The largest absolute Gasteiger partial charge is 0.464 e. The van der Waals surface area contributed by atoms with Gasteiger partial charge in [0.1, 0.15) is 9.77 Å². The molecule has 0 amide bonds. The van der Waals surface area contributed by atoms with Gasteiger partial charge in [-0.25, -0.2) is 18.6 Å². The molecule has 84 valence electrons. The first-order valence-corrected chi connectivity index (χ1v) is 5.06.